The van der Waals surface area contributed by atoms with E-state index in [1.165, 1.54) is 39.9 Å². The lowest BCUT2D eigenvalue weighted by Gasteiger charge is -2.30. The zero-order valence-electron chi connectivity index (χ0n) is 17.1. The molecule has 0 saturated carbocycles. The lowest BCUT2D eigenvalue weighted by molar-refractivity contribution is -0.147. The zero-order chi connectivity index (χ0) is 19.5. The number of carbonyl (C=O) groups is 2. The Kier molecular flexibility index (Phi) is 10.1. The van der Waals surface area contributed by atoms with Crippen LogP contribution in [0.2, 0.25) is 0 Å². The van der Waals surface area contributed by atoms with Crippen molar-refractivity contribution in [3.8, 4) is 0 Å². The molecule has 2 aliphatic heterocycles. The van der Waals surface area contributed by atoms with Crippen LogP contribution < -0.4 is 10.6 Å². The van der Waals surface area contributed by atoms with Gasteiger partial charge in [-0.15, -0.1) is 0 Å². The van der Waals surface area contributed by atoms with Crippen molar-refractivity contribution in [3.05, 3.63) is 0 Å². The molecule has 4 unspecified atom stereocenters. The van der Waals surface area contributed by atoms with Gasteiger partial charge < -0.3 is 20.1 Å². The molecule has 2 N–H and O–H groups in total. The van der Waals surface area contributed by atoms with E-state index in [9.17, 15) is 9.59 Å². The Bertz CT molecular complexity index is 405. The van der Waals surface area contributed by atoms with Gasteiger partial charge in [0, 0.05) is 12.1 Å². The summed E-state index contributed by atoms with van der Waals surface area (Å²) in [5.74, 6) is -0.278. The molecule has 0 bridgehead atoms. The highest BCUT2D eigenvalue weighted by molar-refractivity contribution is 5.73. The highest BCUT2D eigenvalue weighted by Gasteiger charge is 2.31. The Balaban J connectivity index is 1.75. The number of hydrogen-bond acceptors (Lipinski definition) is 6. The molecule has 2 heterocycles. The number of nitrogens with one attached hydrogen (secondary N) is 2. The van der Waals surface area contributed by atoms with Gasteiger partial charge in [-0.2, -0.15) is 0 Å². The molecule has 2 saturated heterocycles. The van der Waals surface area contributed by atoms with Crippen molar-refractivity contribution in [3.63, 3.8) is 0 Å². The molecule has 6 nitrogen and oxygen atoms in total. The fourth-order valence-corrected chi connectivity index (χ4v) is 4.62. The molecule has 27 heavy (non-hydrogen) atoms. The lowest BCUT2D eigenvalue weighted by atomic mass is 9.86. The van der Waals surface area contributed by atoms with E-state index in [0.29, 0.717) is 0 Å². The Hall–Kier alpha value is -1.14. The predicted molar refractivity (Wildman–Crippen MR) is 105 cm³/mol. The molecule has 2 fully saturated rings. The molecule has 0 aromatic heterocycles. The Labute approximate surface area is 164 Å². The third-order valence-corrected chi connectivity index (χ3v) is 6.21. The number of piperidine rings is 2. The zero-order valence-corrected chi connectivity index (χ0v) is 17.1. The highest BCUT2D eigenvalue weighted by atomic mass is 16.5. The molecular weight excluding hydrogens is 344 g/mol. The molecule has 2 aliphatic rings. The Morgan fingerprint density at radius 3 is 1.56 bits per heavy atom. The number of unbranched alkanes of at least 4 members (excludes halogenated alkanes) is 2. The highest BCUT2D eigenvalue weighted by Crippen LogP contribution is 2.25. The topological polar surface area (TPSA) is 76.7 Å². The molecular formula is C21H38N2O4. The van der Waals surface area contributed by atoms with Gasteiger partial charge >= 0.3 is 11.9 Å². The summed E-state index contributed by atoms with van der Waals surface area (Å²) in [7, 11) is 2.96. The first-order valence-electron chi connectivity index (χ1n) is 10.8. The van der Waals surface area contributed by atoms with E-state index in [1.54, 1.807) is 0 Å². The molecule has 0 aromatic carbocycles. The van der Waals surface area contributed by atoms with Crippen molar-refractivity contribution in [1.29, 1.82) is 0 Å². The van der Waals surface area contributed by atoms with Crippen molar-refractivity contribution in [2.24, 2.45) is 11.8 Å². The maximum atomic E-state index is 12.2. The summed E-state index contributed by atoms with van der Waals surface area (Å²) in [6.07, 6.45) is 11.6. The average Bonchev–Trinajstić information content (AvgIpc) is 2.73. The minimum absolute atomic E-state index is 0.0493. The third-order valence-electron chi connectivity index (χ3n) is 6.21. The quantitative estimate of drug-likeness (QED) is 0.447. The van der Waals surface area contributed by atoms with Crippen molar-refractivity contribution >= 4 is 11.9 Å². The van der Waals surface area contributed by atoms with E-state index in [0.717, 1.165) is 58.0 Å². The normalized spacial score (nSPS) is 25.4. The van der Waals surface area contributed by atoms with Crippen molar-refractivity contribution in [2.75, 3.05) is 27.3 Å². The van der Waals surface area contributed by atoms with E-state index in [-0.39, 0.29) is 35.9 Å². The van der Waals surface area contributed by atoms with Gasteiger partial charge in [0.15, 0.2) is 0 Å². The van der Waals surface area contributed by atoms with Gasteiger partial charge in [-0.05, 0) is 51.6 Å². The number of rotatable bonds is 10. The standard InChI is InChI=1S/C21H38N2O4/c1-26-20(24)16(18-12-6-8-14-22-18)10-4-3-5-11-17(21(25)27-2)19-13-7-9-15-23-19/h16-19,22-23H,3-15H2,1-2H3. The molecule has 0 aliphatic carbocycles. The maximum absolute atomic E-state index is 12.2. The molecule has 2 rings (SSSR count). The number of methoxy groups -OCH3 is 2. The first-order valence-corrected chi connectivity index (χ1v) is 10.8. The van der Waals surface area contributed by atoms with Crippen LogP contribution in [-0.4, -0.2) is 51.3 Å². The minimum Gasteiger partial charge on any atom is -0.469 e. The lowest BCUT2D eigenvalue weighted by Crippen LogP contribution is -2.43. The second-order valence-electron chi connectivity index (χ2n) is 8.01. The smallest absolute Gasteiger partial charge is 0.310 e. The van der Waals surface area contributed by atoms with Crippen LogP contribution in [0.5, 0.6) is 0 Å². The maximum Gasteiger partial charge on any atom is 0.310 e. The molecule has 0 aromatic rings. The number of esters is 2. The Morgan fingerprint density at radius 2 is 1.22 bits per heavy atom. The first-order chi connectivity index (χ1) is 13.2. The van der Waals surface area contributed by atoms with E-state index >= 15 is 0 Å². The molecule has 156 valence electrons. The van der Waals surface area contributed by atoms with Crippen LogP contribution in [0.15, 0.2) is 0 Å². The van der Waals surface area contributed by atoms with Gasteiger partial charge in [-0.25, -0.2) is 0 Å². The SMILES string of the molecule is COC(=O)C(CCCCCC(C(=O)OC)C1CCCCN1)C1CCCCN1. The summed E-state index contributed by atoms with van der Waals surface area (Å²) in [6.45, 7) is 1.99. The van der Waals surface area contributed by atoms with Crippen LogP contribution in [-0.2, 0) is 19.1 Å². The van der Waals surface area contributed by atoms with E-state index in [4.69, 9.17) is 9.47 Å². The van der Waals surface area contributed by atoms with Gasteiger partial charge in [0.25, 0.3) is 0 Å². The van der Waals surface area contributed by atoms with Crippen molar-refractivity contribution in [2.45, 2.75) is 82.7 Å². The van der Waals surface area contributed by atoms with Crippen LogP contribution in [0.3, 0.4) is 0 Å². The summed E-state index contributed by atoms with van der Waals surface area (Å²) < 4.78 is 10.1. The largest absolute Gasteiger partial charge is 0.469 e. The van der Waals surface area contributed by atoms with Crippen LogP contribution in [0, 0.1) is 11.8 Å². The summed E-state index contributed by atoms with van der Waals surface area (Å²) in [6, 6.07) is 0.501. The number of ether oxygens (including phenoxy) is 2. The summed E-state index contributed by atoms with van der Waals surface area (Å²) >= 11 is 0. The van der Waals surface area contributed by atoms with Crippen molar-refractivity contribution in [1.82, 2.24) is 10.6 Å². The van der Waals surface area contributed by atoms with Gasteiger partial charge in [0.2, 0.25) is 0 Å². The van der Waals surface area contributed by atoms with E-state index in [1.807, 2.05) is 0 Å². The molecule has 4 atom stereocenters. The molecule has 0 spiro atoms. The van der Waals surface area contributed by atoms with Gasteiger partial charge in [0.05, 0.1) is 26.1 Å². The molecule has 0 amide bonds. The summed E-state index contributed by atoms with van der Waals surface area (Å²) in [4.78, 5) is 24.4. The molecule has 6 heteroatoms. The predicted octanol–water partition coefficient (Wildman–Crippen LogP) is 2.80. The van der Waals surface area contributed by atoms with Crippen molar-refractivity contribution < 1.29 is 19.1 Å². The fraction of sp³-hybridized carbons (Fsp3) is 0.905. The summed E-state index contributed by atoms with van der Waals surface area (Å²) in [5, 5.41) is 6.98. The minimum atomic E-state index is -0.0896. The van der Waals surface area contributed by atoms with Gasteiger partial charge in [-0.1, -0.05) is 32.1 Å². The third kappa shape index (κ3) is 7.07. The van der Waals surface area contributed by atoms with Crippen LogP contribution in [0.4, 0.5) is 0 Å². The van der Waals surface area contributed by atoms with Crippen LogP contribution in [0.25, 0.3) is 0 Å². The average molecular weight is 383 g/mol. The van der Waals surface area contributed by atoms with Crippen LogP contribution in [0.1, 0.15) is 70.6 Å². The number of carbonyl (C=O) groups excluding carboxylic acids is 2. The second-order valence-corrected chi connectivity index (χ2v) is 8.01. The monoisotopic (exact) mass is 382 g/mol. The first kappa shape index (κ1) is 22.2. The Morgan fingerprint density at radius 1 is 0.778 bits per heavy atom. The van der Waals surface area contributed by atoms with Gasteiger partial charge in [0.1, 0.15) is 0 Å². The summed E-state index contributed by atoms with van der Waals surface area (Å²) in [5.41, 5.74) is 0. The second kappa shape index (κ2) is 12.3. The van der Waals surface area contributed by atoms with E-state index in [2.05, 4.69) is 10.6 Å². The fourth-order valence-electron chi connectivity index (χ4n) is 4.62. The van der Waals surface area contributed by atoms with Crippen LogP contribution >= 0.6 is 0 Å². The van der Waals surface area contributed by atoms with Gasteiger partial charge in [-0.3, -0.25) is 9.59 Å². The molecule has 0 radical (unpaired) electrons. The van der Waals surface area contributed by atoms with E-state index < -0.39 is 0 Å². The number of hydrogen-bond donors (Lipinski definition) is 2.